The second-order valence-corrected chi connectivity index (χ2v) is 8.60. The Kier molecular flexibility index (Phi) is 5.53. The number of benzene rings is 1. The molecule has 2 unspecified atom stereocenters. The topological polar surface area (TPSA) is 69.0 Å². The molecule has 0 N–H and O–H groups in total. The van der Waals surface area contributed by atoms with E-state index in [9.17, 15) is 0 Å². The fraction of sp³-hybridized carbons (Fsp3) is 0.455. The van der Waals surface area contributed by atoms with Crippen molar-refractivity contribution in [2.24, 2.45) is 17.8 Å². The molecule has 2 aromatic heterocycles. The van der Waals surface area contributed by atoms with Gasteiger partial charge in [-0.2, -0.15) is 5.10 Å². The van der Waals surface area contributed by atoms with Crippen LogP contribution in [0, 0.1) is 17.8 Å². The molecule has 5 rings (SSSR count). The molecule has 7 nitrogen and oxygen atoms in total. The standard InChI is InChI=1S/C22H25ClN6O/c23-18-12-25-22(26-13-18)28-7-4-16(5-8-28)21-10-17(21)6-9-30-20-3-1-2-19(11-20)29-15-24-14-27-29/h1-3,11-17,21H,4-10H2. The van der Waals surface area contributed by atoms with Gasteiger partial charge in [-0.05, 0) is 55.6 Å². The number of ether oxygens (including phenoxy) is 1. The molecule has 1 aliphatic carbocycles. The first-order valence-electron chi connectivity index (χ1n) is 10.6. The molecule has 1 aromatic carbocycles. The van der Waals surface area contributed by atoms with E-state index < -0.39 is 0 Å². The van der Waals surface area contributed by atoms with Crippen LogP contribution in [-0.2, 0) is 0 Å². The van der Waals surface area contributed by atoms with Crippen molar-refractivity contribution in [3.8, 4) is 11.4 Å². The van der Waals surface area contributed by atoms with Crippen molar-refractivity contribution in [1.82, 2.24) is 24.7 Å². The van der Waals surface area contributed by atoms with Crippen LogP contribution in [0.5, 0.6) is 5.75 Å². The lowest BCUT2D eigenvalue weighted by Crippen LogP contribution is -2.35. The summed E-state index contributed by atoms with van der Waals surface area (Å²) >= 11 is 5.89. The van der Waals surface area contributed by atoms with Crippen LogP contribution in [-0.4, -0.2) is 44.4 Å². The number of rotatable bonds is 7. The van der Waals surface area contributed by atoms with E-state index in [4.69, 9.17) is 16.3 Å². The van der Waals surface area contributed by atoms with Crippen molar-refractivity contribution in [1.29, 1.82) is 0 Å². The molecule has 3 aromatic rings. The van der Waals surface area contributed by atoms with Crippen molar-refractivity contribution >= 4 is 17.5 Å². The van der Waals surface area contributed by atoms with Crippen LogP contribution >= 0.6 is 11.6 Å². The first kappa shape index (κ1) is 19.3. The Morgan fingerprint density at radius 3 is 2.73 bits per heavy atom. The average Bonchev–Trinajstić information content (AvgIpc) is 3.33. The van der Waals surface area contributed by atoms with E-state index in [0.29, 0.717) is 5.02 Å². The highest BCUT2D eigenvalue weighted by atomic mass is 35.5. The molecule has 30 heavy (non-hydrogen) atoms. The lowest BCUT2D eigenvalue weighted by molar-refractivity contribution is 0.284. The summed E-state index contributed by atoms with van der Waals surface area (Å²) in [6, 6.07) is 8.00. The van der Waals surface area contributed by atoms with Gasteiger partial charge in [-0.3, -0.25) is 0 Å². The predicted molar refractivity (Wildman–Crippen MR) is 115 cm³/mol. The van der Waals surface area contributed by atoms with Gasteiger partial charge in [0.05, 0.1) is 29.7 Å². The van der Waals surface area contributed by atoms with Crippen LogP contribution in [0.2, 0.25) is 5.02 Å². The average molecular weight is 425 g/mol. The van der Waals surface area contributed by atoms with Crippen molar-refractivity contribution in [2.75, 3.05) is 24.6 Å². The van der Waals surface area contributed by atoms with E-state index in [1.54, 1.807) is 23.4 Å². The second-order valence-electron chi connectivity index (χ2n) is 8.16. The lowest BCUT2D eigenvalue weighted by atomic mass is 9.90. The number of nitrogens with zero attached hydrogens (tertiary/aromatic N) is 6. The molecule has 0 radical (unpaired) electrons. The summed E-state index contributed by atoms with van der Waals surface area (Å²) in [6.45, 7) is 2.82. The van der Waals surface area contributed by atoms with Crippen LogP contribution in [0.15, 0.2) is 49.3 Å². The van der Waals surface area contributed by atoms with E-state index in [-0.39, 0.29) is 0 Å². The van der Waals surface area contributed by atoms with Gasteiger partial charge >= 0.3 is 0 Å². The van der Waals surface area contributed by atoms with E-state index in [0.717, 1.165) is 61.3 Å². The Balaban J connectivity index is 1.06. The number of piperidine rings is 1. The summed E-state index contributed by atoms with van der Waals surface area (Å²) in [7, 11) is 0. The Bertz CT molecular complexity index is 956. The third kappa shape index (κ3) is 4.41. The second kappa shape index (κ2) is 8.60. The van der Waals surface area contributed by atoms with Crippen molar-refractivity contribution in [2.45, 2.75) is 25.7 Å². The molecule has 2 fully saturated rings. The van der Waals surface area contributed by atoms with Gasteiger partial charge in [-0.1, -0.05) is 17.7 Å². The van der Waals surface area contributed by atoms with Gasteiger partial charge in [0, 0.05) is 19.2 Å². The fourth-order valence-corrected chi connectivity index (χ4v) is 4.66. The summed E-state index contributed by atoms with van der Waals surface area (Å²) in [5, 5.41) is 4.75. The maximum absolute atomic E-state index is 6.02. The summed E-state index contributed by atoms with van der Waals surface area (Å²) in [4.78, 5) is 15.0. The third-order valence-corrected chi connectivity index (χ3v) is 6.47. The van der Waals surface area contributed by atoms with Crippen LogP contribution in [0.1, 0.15) is 25.7 Å². The molecule has 1 aliphatic heterocycles. The van der Waals surface area contributed by atoms with Crippen LogP contribution in [0.4, 0.5) is 5.95 Å². The smallest absolute Gasteiger partial charge is 0.225 e. The van der Waals surface area contributed by atoms with Gasteiger partial charge in [-0.15, -0.1) is 0 Å². The van der Waals surface area contributed by atoms with E-state index >= 15 is 0 Å². The summed E-state index contributed by atoms with van der Waals surface area (Å²) < 4.78 is 7.76. The van der Waals surface area contributed by atoms with Crippen LogP contribution in [0.3, 0.4) is 0 Å². The van der Waals surface area contributed by atoms with Gasteiger partial charge in [0.1, 0.15) is 18.4 Å². The molecule has 0 amide bonds. The summed E-state index contributed by atoms with van der Waals surface area (Å²) in [5.41, 5.74) is 0.964. The normalized spacial score (nSPS) is 21.6. The van der Waals surface area contributed by atoms with Gasteiger partial charge in [0.2, 0.25) is 5.95 Å². The molecule has 3 heterocycles. The minimum atomic E-state index is 0.585. The lowest BCUT2D eigenvalue weighted by Gasteiger charge is -2.32. The van der Waals surface area contributed by atoms with Gasteiger partial charge in [0.15, 0.2) is 0 Å². The van der Waals surface area contributed by atoms with Crippen molar-refractivity contribution < 1.29 is 4.74 Å². The highest BCUT2D eigenvalue weighted by molar-refractivity contribution is 6.30. The highest BCUT2D eigenvalue weighted by Gasteiger charge is 2.43. The first-order chi connectivity index (χ1) is 14.8. The SMILES string of the molecule is Clc1cnc(N2CCC(C3CC3CCOc3cccc(-n4cncn4)c3)CC2)nc1. The molecule has 156 valence electrons. The highest BCUT2D eigenvalue weighted by Crippen LogP contribution is 2.49. The van der Waals surface area contributed by atoms with Crippen LogP contribution < -0.4 is 9.64 Å². The maximum atomic E-state index is 6.02. The molecule has 8 heteroatoms. The number of aromatic nitrogens is 5. The number of anilines is 1. The number of halogens is 1. The Labute approximate surface area is 181 Å². The van der Waals surface area contributed by atoms with E-state index in [1.807, 2.05) is 24.3 Å². The van der Waals surface area contributed by atoms with Crippen LogP contribution in [0.25, 0.3) is 5.69 Å². The van der Waals surface area contributed by atoms with Gasteiger partial charge < -0.3 is 9.64 Å². The zero-order valence-electron chi connectivity index (χ0n) is 16.8. The maximum Gasteiger partial charge on any atom is 0.225 e. The molecule has 0 bridgehead atoms. The molecule has 1 saturated carbocycles. The zero-order chi connectivity index (χ0) is 20.3. The quantitative estimate of drug-likeness (QED) is 0.570. The Morgan fingerprint density at radius 2 is 1.97 bits per heavy atom. The van der Waals surface area contributed by atoms with Gasteiger partial charge in [-0.25, -0.2) is 19.6 Å². The predicted octanol–water partition coefficient (Wildman–Crippen LogP) is 4.03. The van der Waals surface area contributed by atoms with Crippen molar-refractivity contribution in [3.05, 3.63) is 54.3 Å². The van der Waals surface area contributed by atoms with E-state index in [2.05, 4.69) is 25.0 Å². The molecule has 1 saturated heterocycles. The zero-order valence-corrected chi connectivity index (χ0v) is 17.5. The Morgan fingerprint density at radius 1 is 1.13 bits per heavy atom. The molecule has 0 spiro atoms. The summed E-state index contributed by atoms with van der Waals surface area (Å²) in [6.07, 6.45) is 11.5. The first-order valence-corrected chi connectivity index (χ1v) is 10.9. The minimum Gasteiger partial charge on any atom is -0.494 e. The molecule has 2 atom stereocenters. The van der Waals surface area contributed by atoms with Crippen molar-refractivity contribution in [3.63, 3.8) is 0 Å². The summed E-state index contributed by atoms with van der Waals surface area (Å²) in [5.74, 6) is 4.15. The molecule has 2 aliphatic rings. The number of hydrogen-bond donors (Lipinski definition) is 0. The minimum absolute atomic E-state index is 0.585. The van der Waals surface area contributed by atoms with Gasteiger partial charge in [0.25, 0.3) is 0 Å². The number of hydrogen-bond acceptors (Lipinski definition) is 6. The molecular formula is C22H25ClN6O. The fourth-order valence-electron chi connectivity index (χ4n) is 4.56. The molecular weight excluding hydrogens is 400 g/mol. The monoisotopic (exact) mass is 424 g/mol. The third-order valence-electron chi connectivity index (χ3n) is 6.27. The van der Waals surface area contributed by atoms with E-state index in [1.165, 1.54) is 25.6 Å². The Hall–Kier alpha value is -2.67. The largest absolute Gasteiger partial charge is 0.494 e.